The quantitative estimate of drug-likeness (QED) is 0.342. The zero-order valence-corrected chi connectivity index (χ0v) is 19.1. The van der Waals surface area contributed by atoms with Gasteiger partial charge in [0.1, 0.15) is 16.6 Å². The number of anilines is 2. The highest BCUT2D eigenvalue weighted by Crippen LogP contribution is 2.29. The van der Waals surface area contributed by atoms with Gasteiger partial charge in [-0.15, -0.1) is 0 Å². The van der Waals surface area contributed by atoms with Crippen molar-refractivity contribution in [2.45, 2.75) is 13.0 Å². The molecular weight excluding hydrogens is 424 g/mol. The molecule has 0 saturated carbocycles. The molecule has 8 heteroatoms. The van der Waals surface area contributed by atoms with Crippen molar-refractivity contribution in [2.24, 2.45) is 10.7 Å². The summed E-state index contributed by atoms with van der Waals surface area (Å²) in [4.78, 5) is 16.8. The summed E-state index contributed by atoms with van der Waals surface area (Å²) in [7, 11) is 1.78. The second-order valence-electron chi connectivity index (χ2n) is 7.42. The fraction of sp³-hybridized carbons (Fsp3) is 0.217. The molecule has 1 fully saturated rings. The van der Waals surface area contributed by atoms with Crippen molar-refractivity contribution in [3.05, 3.63) is 66.5 Å². The van der Waals surface area contributed by atoms with Crippen molar-refractivity contribution >= 4 is 61.3 Å². The molecule has 1 saturated heterocycles. The Kier molecular flexibility index (Phi) is 6.31. The fourth-order valence-corrected chi connectivity index (χ4v) is 4.21. The van der Waals surface area contributed by atoms with Crippen LogP contribution in [0.4, 0.5) is 11.6 Å². The third-order valence-electron chi connectivity index (χ3n) is 5.11. The number of rotatable bonds is 5. The number of nitrogens with zero attached hydrogens (tertiary/aromatic N) is 4. The molecule has 0 amide bonds. The molecule has 2 aromatic heterocycles. The summed E-state index contributed by atoms with van der Waals surface area (Å²) in [6, 6.07) is 12.3. The summed E-state index contributed by atoms with van der Waals surface area (Å²) in [5, 5.41) is 6.35. The molecule has 0 unspecified atom stereocenters. The summed E-state index contributed by atoms with van der Waals surface area (Å²) < 4.78 is 0. The van der Waals surface area contributed by atoms with Crippen LogP contribution in [-0.2, 0) is 0 Å². The molecule has 1 aliphatic heterocycles. The second-order valence-corrected chi connectivity index (χ2v) is 9.12. The summed E-state index contributed by atoms with van der Waals surface area (Å²) >= 11 is 7.19. The van der Waals surface area contributed by atoms with E-state index in [0.717, 1.165) is 50.8 Å². The maximum atomic E-state index is 5.88. The predicted molar refractivity (Wildman–Crippen MR) is 137 cm³/mol. The molecule has 0 spiro atoms. The van der Waals surface area contributed by atoms with Gasteiger partial charge in [-0.3, -0.25) is 4.99 Å². The highest BCUT2D eigenvalue weighted by molar-refractivity contribution is 8.21. The van der Waals surface area contributed by atoms with E-state index < -0.39 is 0 Å². The lowest BCUT2D eigenvalue weighted by Gasteiger charge is -2.37. The van der Waals surface area contributed by atoms with Crippen LogP contribution in [0, 0.1) is 0 Å². The van der Waals surface area contributed by atoms with Gasteiger partial charge in [0.2, 0.25) is 0 Å². The highest BCUT2D eigenvalue weighted by Gasteiger charge is 2.24. The minimum Gasteiger partial charge on any atom is -0.353 e. The number of fused-ring (bicyclic) bond motifs is 1. The minimum atomic E-state index is 0.217. The van der Waals surface area contributed by atoms with Gasteiger partial charge in [0.25, 0.3) is 0 Å². The second kappa shape index (κ2) is 9.13. The number of pyridine rings is 2. The maximum absolute atomic E-state index is 5.88. The molecule has 3 aromatic rings. The van der Waals surface area contributed by atoms with Gasteiger partial charge in [0.15, 0.2) is 0 Å². The molecular formula is C23H24N6S2. The van der Waals surface area contributed by atoms with Crippen LogP contribution in [0.1, 0.15) is 18.1 Å². The Labute approximate surface area is 191 Å². The van der Waals surface area contributed by atoms with Crippen molar-refractivity contribution in [1.29, 1.82) is 0 Å². The molecule has 6 nitrogen and oxygen atoms in total. The van der Waals surface area contributed by atoms with Crippen molar-refractivity contribution in [2.75, 3.05) is 30.4 Å². The largest absolute Gasteiger partial charge is 0.353 e. The van der Waals surface area contributed by atoms with Crippen LogP contribution in [0.3, 0.4) is 0 Å². The van der Waals surface area contributed by atoms with Crippen LogP contribution in [0.2, 0.25) is 0 Å². The van der Waals surface area contributed by atoms with Crippen molar-refractivity contribution in [3.63, 3.8) is 0 Å². The van der Waals surface area contributed by atoms with Crippen molar-refractivity contribution in [1.82, 2.24) is 9.97 Å². The number of aromatic nitrogens is 2. The average Bonchev–Trinajstić information content (AvgIpc) is 2.76. The van der Waals surface area contributed by atoms with Gasteiger partial charge in [-0.05, 0) is 42.1 Å². The first-order chi connectivity index (χ1) is 14.9. The molecule has 158 valence electrons. The van der Waals surface area contributed by atoms with Gasteiger partial charge in [0, 0.05) is 54.4 Å². The standard InChI is InChI=1S/C23H24N6S2/c1-14(31-15(2)25-3)16-4-5-18-11-27-21(9-19(18)8-16)28-23(30)17-6-7-26-22(10-17)29-12-20(24)13-29/h4-11,20H,1,12-13,24H2,2-3H3,(H,27,28,30). The van der Waals surface area contributed by atoms with Crippen LogP contribution < -0.4 is 16.0 Å². The van der Waals surface area contributed by atoms with Crippen LogP contribution in [0.15, 0.2) is 60.4 Å². The van der Waals surface area contributed by atoms with E-state index in [1.165, 1.54) is 0 Å². The Hall–Kier alpha value is -2.81. The minimum absolute atomic E-state index is 0.217. The van der Waals surface area contributed by atoms with Crippen LogP contribution >= 0.6 is 24.0 Å². The Bertz CT molecular complexity index is 1180. The molecule has 0 bridgehead atoms. The molecule has 0 aliphatic carbocycles. The number of thiocarbonyl (C=S) groups is 1. The number of hydrogen-bond donors (Lipinski definition) is 2. The van der Waals surface area contributed by atoms with E-state index >= 15 is 0 Å². The van der Waals surface area contributed by atoms with Crippen LogP contribution in [-0.4, -0.2) is 46.2 Å². The normalized spacial score (nSPS) is 14.4. The zero-order valence-electron chi connectivity index (χ0n) is 17.5. The molecule has 31 heavy (non-hydrogen) atoms. The fourth-order valence-electron chi connectivity index (χ4n) is 3.29. The average molecular weight is 449 g/mol. The van der Waals surface area contributed by atoms with Gasteiger partial charge in [-0.25, -0.2) is 9.97 Å². The molecule has 1 aromatic carbocycles. The summed E-state index contributed by atoms with van der Waals surface area (Å²) in [5.41, 5.74) is 7.84. The lowest BCUT2D eigenvalue weighted by atomic mass is 10.1. The highest BCUT2D eigenvalue weighted by atomic mass is 32.2. The first-order valence-corrected chi connectivity index (χ1v) is 11.1. The van der Waals surface area contributed by atoms with E-state index in [1.807, 2.05) is 31.3 Å². The van der Waals surface area contributed by atoms with E-state index in [1.54, 1.807) is 25.0 Å². The summed E-state index contributed by atoms with van der Waals surface area (Å²) in [6.07, 6.45) is 3.62. The molecule has 0 radical (unpaired) electrons. The Morgan fingerprint density at radius 1 is 1.19 bits per heavy atom. The van der Waals surface area contributed by atoms with E-state index in [2.05, 4.69) is 50.0 Å². The van der Waals surface area contributed by atoms with Crippen molar-refractivity contribution in [3.8, 4) is 0 Å². The smallest absolute Gasteiger partial charge is 0.131 e. The lowest BCUT2D eigenvalue weighted by molar-refractivity contribution is 0.514. The first-order valence-electron chi connectivity index (χ1n) is 9.91. The predicted octanol–water partition coefficient (Wildman–Crippen LogP) is 4.32. The van der Waals surface area contributed by atoms with Gasteiger partial charge in [0.05, 0.1) is 5.04 Å². The van der Waals surface area contributed by atoms with Gasteiger partial charge in [-0.1, -0.05) is 42.7 Å². The Morgan fingerprint density at radius 3 is 2.74 bits per heavy atom. The Morgan fingerprint density at radius 2 is 2.00 bits per heavy atom. The van der Waals surface area contributed by atoms with E-state index in [9.17, 15) is 0 Å². The number of nitrogens with two attached hydrogens (primary N) is 1. The molecule has 3 heterocycles. The lowest BCUT2D eigenvalue weighted by Crippen LogP contribution is -2.56. The topological polar surface area (TPSA) is 79.4 Å². The van der Waals surface area contributed by atoms with Gasteiger partial charge >= 0.3 is 0 Å². The third-order valence-corrected chi connectivity index (χ3v) is 6.41. The Balaban J connectivity index is 1.52. The van der Waals surface area contributed by atoms with Crippen molar-refractivity contribution < 1.29 is 0 Å². The van der Waals surface area contributed by atoms with Crippen LogP contribution in [0.25, 0.3) is 15.7 Å². The van der Waals surface area contributed by atoms with Gasteiger partial charge < -0.3 is 16.0 Å². The molecule has 4 rings (SSSR count). The number of nitrogens with one attached hydrogen (secondary N) is 1. The number of aliphatic imine (C=N–C) groups is 1. The van der Waals surface area contributed by atoms with Crippen LogP contribution in [0.5, 0.6) is 0 Å². The monoisotopic (exact) mass is 448 g/mol. The zero-order chi connectivity index (χ0) is 22.0. The number of thioether (sulfide) groups is 1. The molecule has 0 atom stereocenters. The first kappa shape index (κ1) is 21.4. The van der Waals surface area contributed by atoms with E-state index in [0.29, 0.717) is 10.8 Å². The number of hydrogen-bond acceptors (Lipinski definition) is 7. The SMILES string of the molecule is C=C(SC(C)=NC)c1ccc2cnc(NC(=S)c3ccnc(N4CC(N)C4)c3)cc2c1. The number of benzene rings is 1. The van der Waals surface area contributed by atoms with E-state index in [4.69, 9.17) is 18.0 Å². The maximum Gasteiger partial charge on any atom is 0.131 e. The van der Waals surface area contributed by atoms with Gasteiger partial charge in [-0.2, -0.15) is 0 Å². The molecule has 3 N–H and O–H groups in total. The third kappa shape index (κ3) is 4.92. The summed E-state index contributed by atoms with van der Waals surface area (Å²) in [5.74, 6) is 1.59. The molecule has 1 aliphatic rings. The van der Waals surface area contributed by atoms with E-state index in [-0.39, 0.29) is 6.04 Å². The summed E-state index contributed by atoms with van der Waals surface area (Å²) in [6.45, 7) is 7.79.